The van der Waals surface area contributed by atoms with Gasteiger partial charge in [0.1, 0.15) is 12.1 Å². The number of methoxy groups -OCH3 is 1. The first-order valence-electron chi connectivity index (χ1n) is 12.0. The molecule has 1 aliphatic rings. The monoisotopic (exact) mass is 486 g/mol. The largest absolute Gasteiger partial charge is 0.496 e. The summed E-state index contributed by atoms with van der Waals surface area (Å²) in [7, 11) is 1.68. The first-order valence-corrected chi connectivity index (χ1v) is 12.0. The third kappa shape index (κ3) is 3.30. The minimum Gasteiger partial charge on any atom is -0.496 e. The summed E-state index contributed by atoms with van der Waals surface area (Å²) in [5.41, 5.74) is 6.11. The van der Waals surface area contributed by atoms with E-state index in [1.165, 1.54) is 0 Å². The van der Waals surface area contributed by atoms with Crippen LogP contribution in [0.1, 0.15) is 28.3 Å². The topological polar surface area (TPSA) is 79.4 Å². The summed E-state index contributed by atoms with van der Waals surface area (Å²) >= 11 is 0. The summed E-state index contributed by atoms with van der Waals surface area (Å²) in [6, 6.07) is 27.9. The molecule has 1 aliphatic heterocycles. The third-order valence-electron chi connectivity index (χ3n) is 6.70. The molecule has 0 fully saturated rings. The molecule has 4 heterocycles. The van der Waals surface area contributed by atoms with Crippen LogP contribution in [0, 0.1) is 6.92 Å². The van der Waals surface area contributed by atoms with E-state index in [1.807, 2.05) is 90.5 Å². The van der Waals surface area contributed by atoms with Gasteiger partial charge in [-0.2, -0.15) is 5.10 Å². The average molecular weight is 487 g/mol. The number of nitrogens with zero attached hydrogens (tertiary/aromatic N) is 6. The Hall–Kier alpha value is -4.98. The Balaban J connectivity index is 1.52. The van der Waals surface area contributed by atoms with E-state index in [2.05, 4.69) is 11.1 Å². The smallest absolute Gasteiger partial charge is 0.230 e. The third-order valence-corrected chi connectivity index (χ3v) is 6.70. The van der Waals surface area contributed by atoms with Crippen molar-refractivity contribution in [2.24, 2.45) is 0 Å². The number of fused-ring (bicyclic) bond motifs is 4. The lowest BCUT2D eigenvalue weighted by Gasteiger charge is -2.27. The summed E-state index contributed by atoms with van der Waals surface area (Å²) < 4.78 is 15.9. The molecule has 8 heteroatoms. The van der Waals surface area contributed by atoms with Crippen LogP contribution in [-0.4, -0.2) is 36.5 Å². The van der Waals surface area contributed by atoms with Crippen LogP contribution in [0.3, 0.4) is 0 Å². The maximum atomic E-state index is 6.50. The summed E-state index contributed by atoms with van der Waals surface area (Å²) in [4.78, 5) is 9.64. The van der Waals surface area contributed by atoms with Crippen molar-refractivity contribution in [2.75, 3.05) is 7.11 Å². The molecule has 0 saturated carbocycles. The Bertz CT molecular complexity index is 1760. The number of aromatic nitrogens is 6. The van der Waals surface area contributed by atoms with Gasteiger partial charge in [-0.15, -0.1) is 5.10 Å². The zero-order chi connectivity index (χ0) is 24.9. The van der Waals surface area contributed by atoms with Crippen molar-refractivity contribution in [3.8, 4) is 34.6 Å². The fraction of sp³-hybridized carbons (Fsp3) is 0.103. The molecule has 6 aromatic rings. The number of para-hydroxylation sites is 2. The Kier molecular flexibility index (Phi) is 4.78. The van der Waals surface area contributed by atoms with Crippen LogP contribution in [0.5, 0.6) is 17.5 Å². The standard InChI is InChI=1S/C29H22N6O2/c1-18-23-24(21-15-9-10-16-22(21)36-2)25-27-31-26(19-11-5-3-6-12-19)33-34(27)17-30-28(25)37-29(23)35(32-18)20-13-7-4-8-14-20/h3-17,24H,1-2H3/t24-/m0/s1. The SMILES string of the molecule is COc1ccccc1[C@H]1c2c(C)nn(-c3ccccc3)c2Oc2ncn3nc(-c4ccccc4)nc3c21. The van der Waals surface area contributed by atoms with Crippen LogP contribution in [0.15, 0.2) is 91.3 Å². The number of ether oxygens (including phenoxy) is 2. The van der Waals surface area contributed by atoms with E-state index in [4.69, 9.17) is 24.7 Å². The number of hydrogen-bond donors (Lipinski definition) is 0. The number of hydrogen-bond acceptors (Lipinski definition) is 6. The molecular weight excluding hydrogens is 464 g/mol. The highest BCUT2D eigenvalue weighted by molar-refractivity contribution is 5.69. The number of rotatable bonds is 4. The molecule has 3 aromatic heterocycles. The van der Waals surface area contributed by atoms with Gasteiger partial charge in [-0.05, 0) is 25.1 Å². The quantitative estimate of drug-likeness (QED) is 0.323. The van der Waals surface area contributed by atoms with Gasteiger partial charge in [-0.25, -0.2) is 19.2 Å². The molecular formula is C29H22N6O2. The molecule has 0 radical (unpaired) electrons. The summed E-state index contributed by atoms with van der Waals surface area (Å²) in [6.45, 7) is 2.00. The molecule has 0 N–H and O–H groups in total. The van der Waals surface area contributed by atoms with Crippen LogP contribution in [0.25, 0.3) is 22.7 Å². The van der Waals surface area contributed by atoms with Crippen LogP contribution >= 0.6 is 0 Å². The molecule has 8 nitrogen and oxygen atoms in total. The fourth-order valence-corrected chi connectivity index (χ4v) is 5.05. The first kappa shape index (κ1) is 21.3. The van der Waals surface area contributed by atoms with Gasteiger partial charge in [0.2, 0.25) is 11.8 Å². The molecule has 180 valence electrons. The van der Waals surface area contributed by atoms with Crippen molar-refractivity contribution in [3.63, 3.8) is 0 Å². The molecule has 0 spiro atoms. The highest BCUT2D eigenvalue weighted by atomic mass is 16.5. The average Bonchev–Trinajstić information content (AvgIpc) is 3.54. The molecule has 0 bridgehead atoms. The molecule has 7 rings (SSSR count). The van der Waals surface area contributed by atoms with Gasteiger partial charge in [0.05, 0.1) is 35.5 Å². The van der Waals surface area contributed by atoms with Crippen molar-refractivity contribution in [1.82, 2.24) is 29.4 Å². The summed E-state index contributed by atoms with van der Waals surface area (Å²) in [5, 5.41) is 9.62. The minimum atomic E-state index is -0.281. The van der Waals surface area contributed by atoms with Gasteiger partial charge in [-0.1, -0.05) is 66.7 Å². The van der Waals surface area contributed by atoms with Crippen molar-refractivity contribution >= 4 is 5.65 Å². The van der Waals surface area contributed by atoms with E-state index in [-0.39, 0.29) is 5.92 Å². The molecule has 1 atom stereocenters. The molecule has 3 aromatic carbocycles. The second kappa shape index (κ2) is 8.30. The van der Waals surface area contributed by atoms with E-state index in [0.29, 0.717) is 23.2 Å². The predicted molar refractivity (Wildman–Crippen MR) is 139 cm³/mol. The van der Waals surface area contributed by atoms with Gasteiger partial charge in [0.15, 0.2) is 11.5 Å². The Morgan fingerprint density at radius 3 is 2.35 bits per heavy atom. The molecule has 37 heavy (non-hydrogen) atoms. The van der Waals surface area contributed by atoms with Gasteiger partial charge in [0.25, 0.3) is 0 Å². The minimum absolute atomic E-state index is 0.281. The number of aryl methyl sites for hydroxylation is 1. The van der Waals surface area contributed by atoms with E-state index < -0.39 is 0 Å². The fourth-order valence-electron chi connectivity index (χ4n) is 5.05. The van der Waals surface area contributed by atoms with Gasteiger partial charge < -0.3 is 9.47 Å². The van der Waals surface area contributed by atoms with Crippen molar-refractivity contribution in [2.45, 2.75) is 12.8 Å². The lowest BCUT2D eigenvalue weighted by atomic mass is 9.84. The van der Waals surface area contributed by atoms with Gasteiger partial charge in [0, 0.05) is 11.1 Å². The van der Waals surface area contributed by atoms with E-state index in [9.17, 15) is 0 Å². The van der Waals surface area contributed by atoms with E-state index >= 15 is 0 Å². The van der Waals surface area contributed by atoms with Gasteiger partial charge >= 0.3 is 0 Å². The van der Waals surface area contributed by atoms with Gasteiger partial charge in [-0.3, -0.25) is 0 Å². The van der Waals surface area contributed by atoms with Crippen LogP contribution in [-0.2, 0) is 0 Å². The predicted octanol–water partition coefficient (Wildman–Crippen LogP) is 5.58. The second-order valence-corrected chi connectivity index (χ2v) is 8.86. The summed E-state index contributed by atoms with van der Waals surface area (Å²) in [5.74, 6) is 2.21. The van der Waals surface area contributed by atoms with Crippen LogP contribution in [0.2, 0.25) is 0 Å². The molecule has 0 unspecified atom stereocenters. The van der Waals surface area contributed by atoms with E-state index in [0.717, 1.165) is 39.4 Å². The van der Waals surface area contributed by atoms with Crippen LogP contribution in [0.4, 0.5) is 0 Å². The Morgan fingerprint density at radius 2 is 1.57 bits per heavy atom. The van der Waals surface area contributed by atoms with Crippen molar-refractivity contribution < 1.29 is 9.47 Å². The Labute approximate surface area is 212 Å². The highest BCUT2D eigenvalue weighted by Crippen LogP contribution is 2.51. The zero-order valence-corrected chi connectivity index (χ0v) is 20.2. The van der Waals surface area contributed by atoms with E-state index in [1.54, 1.807) is 18.0 Å². The second-order valence-electron chi connectivity index (χ2n) is 8.86. The van der Waals surface area contributed by atoms with Crippen LogP contribution < -0.4 is 9.47 Å². The first-order chi connectivity index (χ1) is 18.2. The zero-order valence-electron chi connectivity index (χ0n) is 20.2. The molecule has 0 aliphatic carbocycles. The molecule has 0 saturated heterocycles. The highest BCUT2D eigenvalue weighted by Gasteiger charge is 2.39. The van der Waals surface area contributed by atoms with Crippen molar-refractivity contribution in [1.29, 1.82) is 0 Å². The Morgan fingerprint density at radius 1 is 0.838 bits per heavy atom. The maximum absolute atomic E-state index is 6.50. The lowest BCUT2D eigenvalue weighted by molar-refractivity contribution is 0.393. The molecule has 0 amide bonds. The van der Waals surface area contributed by atoms with Crippen molar-refractivity contribution in [3.05, 3.63) is 114 Å². The normalized spacial score (nSPS) is 14.2. The number of benzene rings is 3. The summed E-state index contributed by atoms with van der Waals surface area (Å²) in [6.07, 6.45) is 1.65. The lowest BCUT2D eigenvalue weighted by Crippen LogP contribution is -2.16. The maximum Gasteiger partial charge on any atom is 0.230 e.